The van der Waals surface area contributed by atoms with Gasteiger partial charge in [-0.25, -0.2) is 0 Å². The summed E-state index contributed by atoms with van der Waals surface area (Å²) in [4.78, 5) is 0. The summed E-state index contributed by atoms with van der Waals surface area (Å²) in [5.74, 6) is 1.69. The number of benzene rings is 3. The molecule has 3 aromatic carbocycles. The van der Waals surface area contributed by atoms with Crippen LogP contribution in [0.1, 0.15) is 40.3 Å². The lowest BCUT2D eigenvalue weighted by atomic mass is 9.79. The Kier molecular flexibility index (Phi) is 7.15. The first-order valence-electron chi connectivity index (χ1n) is 12.5. The van der Waals surface area contributed by atoms with Gasteiger partial charge in [-0.3, -0.25) is 0 Å². The van der Waals surface area contributed by atoms with Crippen LogP contribution in [0.15, 0.2) is 36.4 Å². The molecule has 0 saturated heterocycles. The van der Waals surface area contributed by atoms with E-state index in [0.717, 1.165) is 34.2 Å². The molecule has 0 fully saturated rings. The van der Waals surface area contributed by atoms with Crippen LogP contribution in [0.5, 0.6) is 28.7 Å². The molecule has 0 aromatic heterocycles. The van der Waals surface area contributed by atoms with Crippen LogP contribution in [-0.2, 0) is 25.7 Å². The van der Waals surface area contributed by atoms with Gasteiger partial charge in [0.15, 0.2) is 11.5 Å². The highest BCUT2D eigenvalue weighted by molar-refractivity contribution is 5.82. The van der Waals surface area contributed by atoms with Crippen molar-refractivity contribution >= 4 is 0 Å². The first-order chi connectivity index (χ1) is 17.9. The number of aliphatic hydroxyl groups is 3. The predicted octanol–water partition coefficient (Wildman–Crippen LogP) is 3.21. The second-order valence-corrected chi connectivity index (χ2v) is 9.49. The Morgan fingerprint density at radius 1 is 0.973 bits per heavy atom. The summed E-state index contributed by atoms with van der Waals surface area (Å²) in [6.45, 7) is -0.0269. The largest absolute Gasteiger partial charge is 0.508 e. The molecule has 5 rings (SSSR count). The van der Waals surface area contributed by atoms with Crippen molar-refractivity contribution in [2.45, 2.75) is 44.3 Å². The van der Waals surface area contributed by atoms with E-state index in [1.807, 2.05) is 12.1 Å². The number of phenolic OH excluding ortho intramolecular Hbond substituents is 2. The molecule has 1 aliphatic carbocycles. The minimum atomic E-state index is -0.845. The maximum atomic E-state index is 11.2. The number of aliphatic hydroxyl groups excluding tert-OH is 3. The zero-order valence-corrected chi connectivity index (χ0v) is 20.7. The predicted molar refractivity (Wildman–Crippen MR) is 137 cm³/mol. The molecule has 1 aliphatic heterocycles. The van der Waals surface area contributed by atoms with Crippen LogP contribution in [0.25, 0.3) is 11.1 Å². The minimum absolute atomic E-state index is 0.00755. The Morgan fingerprint density at radius 3 is 2.57 bits per heavy atom. The molecule has 37 heavy (non-hydrogen) atoms. The molecule has 0 saturated carbocycles. The smallest absolute Gasteiger partial charge is 0.161 e. The van der Waals surface area contributed by atoms with Crippen molar-refractivity contribution < 1.29 is 39.7 Å². The van der Waals surface area contributed by atoms with Crippen molar-refractivity contribution in [1.29, 1.82) is 0 Å². The molecule has 2 atom stereocenters. The van der Waals surface area contributed by atoms with Gasteiger partial charge in [-0.2, -0.15) is 0 Å². The molecule has 5 N–H and O–H groups in total. The lowest BCUT2D eigenvalue weighted by molar-refractivity contribution is 0.0201. The van der Waals surface area contributed by atoms with E-state index in [9.17, 15) is 25.5 Å². The summed E-state index contributed by atoms with van der Waals surface area (Å²) >= 11 is 0. The first kappa shape index (κ1) is 25.2. The van der Waals surface area contributed by atoms with E-state index in [0.29, 0.717) is 48.3 Å². The molecule has 0 radical (unpaired) electrons. The topological polar surface area (TPSA) is 129 Å². The standard InChI is InChI=1S/C29H32O8/c1-35-26-13-18(11-17(28(26)34)3-2-8-30)29-23(33)14-22-21-6-4-16-12-19(32)5-7-20(16)27(21)25(36-10-9-31)15-24(22)37-29/h5,7,11-13,15,23,29-34H,2-4,6,8-10,14H2,1H3/t23-,29+/m1/s1. The van der Waals surface area contributed by atoms with Crippen LogP contribution in [0.4, 0.5) is 0 Å². The number of hydrogen-bond acceptors (Lipinski definition) is 8. The van der Waals surface area contributed by atoms with Gasteiger partial charge in [-0.15, -0.1) is 0 Å². The zero-order valence-electron chi connectivity index (χ0n) is 20.7. The summed E-state index contributed by atoms with van der Waals surface area (Å²) in [5, 5.41) is 50.4. The molecular weight excluding hydrogens is 476 g/mol. The number of fused-ring (bicyclic) bond motifs is 5. The van der Waals surface area contributed by atoms with Crippen molar-refractivity contribution in [3.05, 3.63) is 64.2 Å². The summed E-state index contributed by atoms with van der Waals surface area (Å²) in [6, 6.07) is 10.6. The Balaban J connectivity index is 1.58. The fourth-order valence-corrected chi connectivity index (χ4v) is 5.48. The SMILES string of the molecule is COc1cc([C@@H]2Oc3cc(OCCO)c4c(c3C[C@H]2O)CCc2cc(O)ccc2-4)cc(CCCO)c1O. The van der Waals surface area contributed by atoms with Gasteiger partial charge in [0, 0.05) is 30.2 Å². The van der Waals surface area contributed by atoms with E-state index < -0.39 is 12.2 Å². The summed E-state index contributed by atoms with van der Waals surface area (Å²) in [5.41, 5.74) is 6.11. The second-order valence-electron chi connectivity index (χ2n) is 9.49. The molecule has 2 aliphatic rings. The fraction of sp³-hybridized carbons (Fsp3) is 0.379. The van der Waals surface area contributed by atoms with Gasteiger partial charge in [0.1, 0.15) is 30.0 Å². The third kappa shape index (κ3) is 4.68. The van der Waals surface area contributed by atoms with Crippen molar-refractivity contribution in [3.63, 3.8) is 0 Å². The number of aromatic hydroxyl groups is 2. The van der Waals surface area contributed by atoms with E-state index in [1.54, 1.807) is 24.3 Å². The van der Waals surface area contributed by atoms with E-state index in [2.05, 4.69) is 0 Å². The lowest BCUT2D eigenvalue weighted by Crippen LogP contribution is -2.31. The highest BCUT2D eigenvalue weighted by atomic mass is 16.5. The molecule has 0 unspecified atom stereocenters. The monoisotopic (exact) mass is 508 g/mol. The van der Waals surface area contributed by atoms with E-state index in [1.165, 1.54) is 7.11 Å². The highest BCUT2D eigenvalue weighted by Crippen LogP contribution is 2.49. The van der Waals surface area contributed by atoms with Crippen LogP contribution < -0.4 is 14.2 Å². The Hall–Kier alpha value is -3.46. The molecule has 8 heteroatoms. The number of hydrogen-bond donors (Lipinski definition) is 5. The number of aryl methyl sites for hydroxylation is 2. The number of ether oxygens (including phenoxy) is 3. The third-order valence-corrected chi connectivity index (χ3v) is 7.17. The molecule has 3 aromatic rings. The van der Waals surface area contributed by atoms with E-state index >= 15 is 0 Å². The van der Waals surface area contributed by atoms with Gasteiger partial charge in [0.25, 0.3) is 0 Å². The summed E-state index contributed by atoms with van der Waals surface area (Å²) in [7, 11) is 1.47. The fourth-order valence-electron chi connectivity index (χ4n) is 5.48. The van der Waals surface area contributed by atoms with Crippen molar-refractivity contribution in [2.75, 3.05) is 26.9 Å². The summed E-state index contributed by atoms with van der Waals surface area (Å²) < 4.78 is 17.7. The van der Waals surface area contributed by atoms with Gasteiger partial charge in [0.05, 0.1) is 19.8 Å². The lowest BCUT2D eigenvalue weighted by Gasteiger charge is -2.35. The summed E-state index contributed by atoms with van der Waals surface area (Å²) in [6.07, 6.45) is 1.18. The van der Waals surface area contributed by atoms with Crippen molar-refractivity contribution in [2.24, 2.45) is 0 Å². The average molecular weight is 509 g/mol. The van der Waals surface area contributed by atoms with Crippen LogP contribution in [0.2, 0.25) is 0 Å². The zero-order chi connectivity index (χ0) is 26.1. The Labute approximate surface area is 215 Å². The number of methoxy groups -OCH3 is 1. The average Bonchev–Trinajstić information content (AvgIpc) is 2.90. The van der Waals surface area contributed by atoms with E-state index in [-0.39, 0.29) is 37.1 Å². The normalized spacial score (nSPS) is 17.8. The van der Waals surface area contributed by atoms with Gasteiger partial charge >= 0.3 is 0 Å². The number of rotatable bonds is 8. The van der Waals surface area contributed by atoms with Crippen molar-refractivity contribution in [3.8, 4) is 39.9 Å². The van der Waals surface area contributed by atoms with Gasteiger partial charge in [0.2, 0.25) is 0 Å². The van der Waals surface area contributed by atoms with Crippen LogP contribution in [0.3, 0.4) is 0 Å². The van der Waals surface area contributed by atoms with Crippen LogP contribution >= 0.6 is 0 Å². The highest BCUT2D eigenvalue weighted by Gasteiger charge is 2.35. The van der Waals surface area contributed by atoms with E-state index in [4.69, 9.17) is 14.2 Å². The number of phenols is 2. The van der Waals surface area contributed by atoms with Gasteiger partial charge in [-0.1, -0.05) is 6.07 Å². The quantitative estimate of drug-likeness (QED) is 0.314. The molecule has 0 spiro atoms. The van der Waals surface area contributed by atoms with Crippen LogP contribution in [0, 0.1) is 0 Å². The Bertz CT molecular complexity index is 1300. The Morgan fingerprint density at radius 2 is 1.81 bits per heavy atom. The third-order valence-electron chi connectivity index (χ3n) is 7.17. The molecule has 196 valence electrons. The minimum Gasteiger partial charge on any atom is -0.508 e. The molecule has 0 amide bonds. The maximum absolute atomic E-state index is 11.2. The molecule has 0 bridgehead atoms. The first-order valence-corrected chi connectivity index (χ1v) is 12.5. The molecular formula is C29H32O8. The van der Waals surface area contributed by atoms with Crippen molar-refractivity contribution in [1.82, 2.24) is 0 Å². The van der Waals surface area contributed by atoms with Gasteiger partial charge in [-0.05, 0) is 77.8 Å². The van der Waals surface area contributed by atoms with Gasteiger partial charge < -0.3 is 39.7 Å². The molecule has 1 heterocycles. The second kappa shape index (κ2) is 10.5. The molecule has 8 nitrogen and oxygen atoms in total. The van der Waals surface area contributed by atoms with Crippen LogP contribution in [-0.4, -0.2) is 58.6 Å². The maximum Gasteiger partial charge on any atom is 0.161 e.